The number of hydrogen-bond donors (Lipinski definition) is 1. The van der Waals surface area contributed by atoms with Gasteiger partial charge in [-0.15, -0.1) is 0 Å². The minimum absolute atomic E-state index is 0.0413. The number of Topliss-reactive ketones (excluding diaryl/α,β-unsaturated/α-hetero) is 1. The van der Waals surface area contributed by atoms with Crippen LogP contribution in [0.1, 0.15) is 41.1 Å². The monoisotopic (exact) mass is 233 g/mol. The number of ketones is 1. The van der Waals surface area contributed by atoms with Gasteiger partial charge >= 0.3 is 0 Å². The van der Waals surface area contributed by atoms with Gasteiger partial charge in [-0.25, -0.2) is 0 Å². The van der Waals surface area contributed by atoms with Gasteiger partial charge in [-0.1, -0.05) is 24.6 Å². The van der Waals surface area contributed by atoms with Gasteiger partial charge in [0.2, 0.25) is 0 Å². The largest absolute Gasteiger partial charge is 0.372 e. The molecule has 3 heteroatoms. The third-order valence-corrected chi connectivity index (χ3v) is 3.28. The minimum Gasteiger partial charge on any atom is -0.372 e. The van der Waals surface area contributed by atoms with Crippen molar-refractivity contribution in [2.75, 3.05) is 19.8 Å². The first-order valence-corrected chi connectivity index (χ1v) is 6.22. The quantitative estimate of drug-likeness (QED) is 0.605. The number of carbonyl (C=O) groups is 1. The molecule has 0 atom stereocenters. The van der Waals surface area contributed by atoms with E-state index in [1.54, 1.807) is 0 Å². The predicted octanol–water partition coefficient (Wildman–Crippen LogP) is 2.11. The van der Waals surface area contributed by atoms with Gasteiger partial charge in [-0.3, -0.25) is 4.79 Å². The van der Waals surface area contributed by atoms with Gasteiger partial charge in [0.05, 0.1) is 6.61 Å². The van der Waals surface area contributed by atoms with Gasteiger partial charge in [-0.05, 0) is 30.4 Å². The molecule has 1 aromatic carbocycles. The number of ether oxygens (including phenoxy) is 1. The third kappa shape index (κ3) is 3.14. The maximum absolute atomic E-state index is 11.8. The van der Waals surface area contributed by atoms with Crippen molar-refractivity contribution in [3.05, 3.63) is 35.4 Å². The predicted molar refractivity (Wildman–Crippen MR) is 67.2 cm³/mol. The maximum atomic E-state index is 11.8. The van der Waals surface area contributed by atoms with Gasteiger partial charge in [0.25, 0.3) is 0 Å². The Kier molecular flexibility index (Phi) is 4.29. The maximum Gasteiger partial charge on any atom is 0.188 e. The van der Waals surface area contributed by atoms with E-state index in [9.17, 15) is 4.79 Å². The Balaban J connectivity index is 1.97. The first kappa shape index (κ1) is 12.3. The second-order valence-corrected chi connectivity index (χ2v) is 4.52. The van der Waals surface area contributed by atoms with E-state index in [-0.39, 0.29) is 12.4 Å². The Morgan fingerprint density at radius 3 is 2.88 bits per heavy atom. The van der Waals surface area contributed by atoms with Crippen LogP contribution in [-0.2, 0) is 4.74 Å². The minimum atomic E-state index is 0.0413. The average Bonchev–Trinajstić information content (AvgIpc) is 2.27. The molecule has 0 saturated heterocycles. The summed E-state index contributed by atoms with van der Waals surface area (Å²) in [5.74, 6) is 0.701. The lowest BCUT2D eigenvalue weighted by Crippen LogP contribution is -2.15. The lowest BCUT2D eigenvalue weighted by molar-refractivity contribution is 0.0774. The molecular formula is C14H19NO2. The van der Waals surface area contributed by atoms with Crippen LogP contribution in [0, 0.1) is 0 Å². The highest BCUT2D eigenvalue weighted by molar-refractivity contribution is 5.97. The van der Waals surface area contributed by atoms with E-state index in [4.69, 9.17) is 10.5 Å². The molecule has 2 rings (SSSR count). The van der Waals surface area contributed by atoms with Gasteiger partial charge in [-0.2, -0.15) is 0 Å². The first-order chi connectivity index (χ1) is 8.31. The van der Waals surface area contributed by atoms with E-state index in [1.807, 2.05) is 18.2 Å². The lowest BCUT2D eigenvalue weighted by Gasteiger charge is -2.26. The van der Waals surface area contributed by atoms with E-state index in [1.165, 1.54) is 24.8 Å². The zero-order chi connectivity index (χ0) is 12.1. The molecule has 0 aliphatic heterocycles. The molecular weight excluding hydrogens is 214 g/mol. The SMILES string of the molecule is NCCOCC(=O)c1cccc(C2CCC2)c1. The average molecular weight is 233 g/mol. The molecule has 0 radical (unpaired) electrons. The Bertz CT molecular complexity index is 386. The summed E-state index contributed by atoms with van der Waals surface area (Å²) in [7, 11) is 0. The van der Waals surface area contributed by atoms with Crippen LogP contribution in [0.15, 0.2) is 24.3 Å². The molecule has 0 amide bonds. The second kappa shape index (κ2) is 5.94. The van der Waals surface area contributed by atoms with Crippen LogP contribution in [-0.4, -0.2) is 25.5 Å². The Morgan fingerprint density at radius 1 is 1.41 bits per heavy atom. The molecule has 0 unspecified atom stereocenters. The molecule has 1 aliphatic rings. The molecule has 1 saturated carbocycles. The van der Waals surface area contributed by atoms with Crippen LogP contribution >= 0.6 is 0 Å². The Hall–Kier alpha value is -1.19. The van der Waals surface area contributed by atoms with E-state index in [2.05, 4.69) is 6.07 Å². The molecule has 0 heterocycles. The molecule has 1 aromatic rings. The van der Waals surface area contributed by atoms with E-state index in [0.717, 1.165) is 5.56 Å². The molecule has 3 nitrogen and oxygen atoms in total. The normalized spacial score (nSPS) is 15.6. The standard InChI is InChI=1S/C14H19NO2/c15-7-8-17-10-14(16)13-6-2-5-12(9-13)11-3-1-4-11/h2,5-6,9,11H,1,3-4,7-8,10,15H2. The molecule has 0 aromatic heterocycles. The Morgan fingerprint density at radius 2 is 2.24 bits per heavy atom. The lowest BCUT2D eigenvalue weighted by atomic mass is 9.79. The van der Waals surface area contributed by atoms with Crippen LogP contribution in [0.4, 0.5) is 0 Å². The fourth-order valence-electron chi connectivity index (χ4n) is 2.04. The summed E-state index contributed by atoms with van der Waals surface area (Å²) < 4.78 is 5.17. The number of nitrogens with two attached hydrogens (primary N) is 1. The van der Waals surface area contributed by atoms with Crippen molar-refractivity contribution >= 4 is 5.78 Å². The van der Waals surface area contributed by atoms with Crippen LogP contribution in [0.2, 0.25) is 0 Å². The van der Waals surface area contributed by atoms with Crippen molar-refractivity contribution in [3.63, 3.8) is 0 Å². The molecule has 1 fully saturated rings. The highest BCUT2D eigenvalue weighted by Gasteiger charge is 2.20. The van der Waals surface area contributed by atoms with Crippen molar-refractivity contribution in [1.82, 2.24) is 0 Å². The van der Waals surface area contributed by atoms with Crippen LogP contribution < -0.4 is 5.73 Å². The van der Waals surface area contributed by atoms with Crippen molar-refractivity contribution in [1.29, 1.82) is 0 Å². The highest BCUT2D eigenvalue weighted by Crippen LogP contribution is 2.36. The summed E-state index contributed by atoms with van der Waals surface area (Å²) in [4.78, 5) is 11.8. The van der Waals surface area contributed by atoms with Crippen molar-refractivity contribution in [3.8, 4) is 0 Å². The molecule has 92 valence electrons. The smallest absolute Gasteiger partial charge is 0.188 e. The summed E-state index contributed by atoms with van der Waals surface area (Å²) in [6, 6.07) is 7.94. The van der Waals surface area contributed by atoms with Crippen LogP contribution in [0.3, 0.4) is 0 Å². The van der Waals surface area contributed by atoms with E-state index >= 15 is 0 Å². The molecule has 2 N–H and O–H groups in total. The Labute approximate surface area is 102 Å². The van der Waals surface area contributed by atoms with Crippen LogP contribution in [0.25, 0.3) is 0 Å². The van der Waals surface area contributed by atoms with Gasteiger partial charge in [0.1, 0.15) is 6.61 Å². The molecule has 17 heavy (non-hydrogen) atoms. The molecule has 0 spiro atoms. The fraction of sp³-hybridized carbons (Fsp3) is 0.500. The first-order valence-electron chi connectivity index (χ1n) is 6.22. The van der Waals surface area contributed by atoms with Gasteiger partial charge in [0, 0.05) is 12.1 Å². The number of hydrogen-bond acceptors (Lipinski definition) is 3. The van der Waals surface area contributed by atoms with Crippen molar-refractivity contribution < 1.29 is 9.53 Å². The molecule has 0 bridgehead atoms. The third-order valence-electron chi connectivity index (χ3n) is 3.28. The topological polar surface area (TPSA) is 52.3 Å². The van der Waals surface area contributed by atoms with Gasteiger partial charge in [0.15, 0.2) is 5.78 Å². The van der Waals surface area contributed by atoms with Crippen molar-refractivity contribution in [2.45, 2.75) is 25.2 Å². The summed E-state index contributed by atoms with van der Waals surface area (Å²) in [5, 5.41) is 0. The zero-order valence-electron chi connectivity index (χ0n) is 10.0. The number of rotatable bonds is 6. The second-order valence-electron chi connectivity index (χ2n) is 4.52. The summed E-state index contributed by atoms with van der Waals surface area (Å²) in [5.41, 5.74) is 7.36. The summed E-state index contributed by atoms with van der Waals surface area (Å²) in [6.45, 7) is 1.02. The molecule has 1 aliphatic carbocycles. The number of carbonyl (C=O) groups excluding carboxylic acids is 1. The van der Waals surface area contributed by atoms with Crippen LogP contribution in [0.5, 0.6) is 0 Å². The summed E-state index contributed by atoms with van der Waals surface area (Å²) >= 11 is 0. The zero-order valence-corrected chi connectivity index (χ0v) is 10.0. The number of benzene rings is 1. The van der Waals surface area contributed by atoms with Gasteiger partial charge < -0.3 is 10.5 Å². The fourth-order valence-corrected chi connectivity index (χ4v) is 2.04. The van der Waals surface area contributed by atoms with Crippen molar-refractivity contribution in [2.24, 2.45) is 5.73 Å². The summed E-state index contributed by atoms with van der Waals surface area (Å²) in [6.07, 6.45) is 3.81. The van der Waals surface area contributed by atoms with E-state index in [0.29, 0.717) is 19.1 Å². The van der Waals surface area contributed by atoms with E-state index < -0.39 is 0 Å². The highest BCUT2D eigenvalue weighted by atomic mass is 16.5.